The number of rotatable bonds is 6. The third-order valence-electron chi connectivity index (χ3n) is 4.52. The Kier molecular flexibility index (Phi) is 5.89. The van der Waals surface area contributed by atoms with Gasteiger partial charge in [0.05, 0.1) is 6.21 Å². The monoisotopic (exact) mass is 376 g/mol. The molecule has 3 rings (SSSR count). The number of nitrogens with zero attached hydrogens (tertiary/aromatic N) is 1. The zero-order chi connectivity index (χ0) is 20.1. The molecule has 0 saturated carbocycles. The van der Waals surface area contributed by atoms with Crippen molar-refractivity contribution in [2.45, 2.75) is 26.8 Å². The highest BCUT2D eigenvalue weighted by Crippen LogP contribution is 2.15. The summed E-state index contributed by atoms with van der Waals surface area (Å²) in [6.07, 6.45) is 3.43. The van der Waals surface area contributed by atoms with Crippen molar-refractivity contribution in [3.63, 3.8) is 0 Å². The van der Waals surface area contributed by atoms with Crippen LogP contribution < -0.4 is 10.7 Å². The van der Waals surface area contributed by atoms with Crippen LogP contribution in [0.3, 0.4) is 0 Å². The van der Waals surface area contributed by atoms with Crippen LogP contribution in [0.5, 0.6) is 0 Å². The Hall–Kier alpha value is -3.41. The number of benzene rings is 2. The molecule has 6 heteroatoms. The van der Waals surface area contributed by atoms with Gasteiger partial charge in [-0.25, -0.2) is 5.43 Å². The summed E-state index contributed by atoms with van der Waals surface area (Å²) in [6.45, 7) is 5.68. The second kappa shape index (κ2) is 8.52. The summed E-state index contributed by atoms with van der Waals surface area (Å²) in [5.74, 6) is -0.720. The summed E-state index contributed by atoms with van der Waals surface area (Å²) in [5.41, 5.74) is 5.93. The average Bonchev–Trinajstić information content (AvgIpc) is 3.09. The number of hydrogen-bond acceptors (Lipinski definition) is 3. The molecule has 1 atom stereocenters. The van der Waals surface area contributed by atoms with Crippen LogP contribution in [-0.2, 0) is 4.79 Å². The van der Waals surface area contributed by atoms with Crippen LogP contribution in [0.15, 0.2) is 59.8 Å². The number of carbonyl (C=O) groups excluding carboxylic acids is 2. The molecule has 0 bridgehead atoms. The molecule has 3 aromatic rings. The van der Waals surface area contributed by atoms with Crippen LogP contribution in [0.25, 0.3) is 10.9 Å². The molecule has 144 valence electrons. The fourth-order valence-corrected chi connectivity index (χ4v) is 2.98. The number of aryl methyl sites for hydroxylation is 1. The van der Waals surface area contributed by atoms with Gasteiger partial charge in [-0.15, -0.1) is 0 Å². The van der Waals surface area contributed by atoms with Crippen molar-refractivity contribution >= 4 is 28.9 Å². The minimum absolute atomic E-state index is 0.0861. The summed E-state index contributed by atoms with van der Waals surface area (Å²) >= 11 is 0. The van der Waals surface area contributed by atoms with Gasteiger partial charge in [0.2, 0.25) is 0 Å². The number of aromatic amines is 1. The molecule has 2 amide bonds. The lowest BCUT2D eigenvalue weighted by molar-refractivity contribution is -0.123. The third kappa shape index (κ3) is 4.46. The van der Waals surface area contributed by atoms with E-state index in [1.54, 1.807) is 18.3 Å². The Morgan fingerprint density at radius 3 is 2.64 bits per heavy atom. The summed E-state index contributed by atoms with van der Waals surface area (Å²) in [5, 5.41) is 7.89. The van der Waals surface area contributed by atoms with Gasteiger partial charge >= 0.3 is 0 Å². The van der Waals surface area contributed by atoms with Crippen LogP contribution in [-0.4, -0.2) is 29.1 Å². The van der Waals surface area contributed by atoms with Crippen molar-refractivity contribution in [3.8, 4) is 0 Å². The number of hydrogen-bond donors (Lipinski definition) is 3. The zero-order valence-corrected chi connectivity index (χ0v) is 16.2. The van der Waals surface area contributed by atoms with E-state index in [2.05, 4.69) is 20.8 Å². The normalized spacial score (nSPS) is 12.4. The molecule has 1 heterocycles. The van der Waals surface area contributed by atoms with Crippen molar-refractivity contribution in [3.05, 3.63) is 71.4 Å². The first kappa shape index (κ1) is 19.4. The Morgan fingerprint density at radius 1 is 1.11 bits per heavy atom. The highest BCUT2D eigenvalue weighted by atomic mass is 16.2. The lowest BCUT2D eigenvalue weighted by Crippen LogP contribution is -2.48. The maximum Gasteiger partial charge on any atom is 0.262 e. The highest BCUT2D eigenvalue weighted by Gasteiger charge is 2.24. The molecule has 0 fully saturated rings. The number of carbonyl (C=O) groups is 2. The molecule has 0 aliphatic rings. The molecule has 3 N–H and O–H groups in total. The van der Waals surface area contributed by atoms with E-state index in [9.17, 15) is 9.59 Å². The second-order valence-electron chi connectivity index (χ2n) is 7.09. The van der Waals surface area contributed by atoms with Crippen molar-refractivity contribution in [1.29, 1.82) is 0 Å². The summed E-state index contributed by atoms with van der Waals surface area (Å²) in [4.78, 5) is 28.2. The predicted molar refractivity (Wildman–Crippen MR) is 111 cm³/mol. The fraction of sp³-hybridized carbons (Fsp3) is 0.227. The van der Waals surface area contributed by atoms with E-state index in [4.69, 9.17) is 0 Å². The maximum atomic E-state index is 12.6. The molecule has 0 aliphatic carbocycles. The van der Waals surface area contributed by atoms with Crippen LogP contribution in [0.1, 0.15) is 35.3 Å². The van der Waals surface area contributed by atoms with Gasteiger partial charge in [0, 0.05) is 28.2 Å². The minimum atomic E-state index is -0.687. The SMILES string of the molecule is Cc1cccc(C(=O)NC(C(=O)N/N=C/c2c[nH]c3ccccc23)C(C)C)c1. The first-order valence-electron chi connectivity index (χ1n) is 9.22. The van der Waals surface area contributed by atoms with Crippen LogP contribution in [0, 0.1) is 12.8 Å². The van der Waals surface area contributed by atoms with E-state index in [0.29, 0.717) is 5.56 Å². The van der Waals surface area contributed by atoms with Gasteiger partial charge in [-0.3, -0.25) is 9.59 Å². The molecule has 28 heavy (non-hydrogen) atoms. The number of hydrazone groups is 1. The molecule has 2 aromatic carbocycles. The van der Waals surface area contributed by atoms with E-state index < -0.39 is 6.04 Å². The first-order chi connectivity index (χ1) is 13.5. The number of nitrogens with one attached hydrogen (secondary N) is 3. The molecule has 0 radical (unpaired) electrons. The smallest absolute Gasteiger partial charge is 0.262 e. The van der Waals surface area contributed by atoms with Gasteiger partial charge in [0.1, 0.15) is 6.04 Å². The van der Waals surface area contributed by atoms with Gasteiger partial charge < -0.3 is 10.3 Å². The quantitative estimate of drug-likeness (QED) is 0.455. The second-order valence-corrected chi connectivity index (χ2v) is 7.09. The van der Waals surface area contributed by atoms with Crippen LogP contribution in [0.2, 0.25) is 0 Å². The maximum absolute atomic E-state index is 12.6. The van der Waals surface area contributed by atoms with Crippen molar-refractivity contribution in [2.24, 2.45) is 11.0 Å². The Morgan fingerprint density at radius 2 is 1.89 bits per heavy atom. The zero-order valence-electron chi connectivity index (χ0n) is 16.2. The number of amides is 2. The minimum Gasteiger partial charge on any atom is -0.361 e. The van der Waals surface area contributed by atoms with Gasteiger partial charge in [-0.05, 0) is 31.0 Å². The molecular formula is C22H24N4O2. The summed E-state index contributed by atoms with van der Waals surface area (Å²) < 4.78 is 0. The molecule has 1 aromatic heterocycles. The van der Waals surface area contributed by atoms with Gasteiger partial charge in [0.15, 0.2) is 0 Å². The average molecular weight is 376 g/mol. The summed E-state index contributed by atoms with van der Waals surface area (Å²) in [7, 11) is 0. The van der Waals surface area contributed by atoms with E-state index in [0.717, 1.165) is 22.0 Å². The predicted octanol–water partition coefficient (Wildman–Crippen LogP) is 3.38. The fourth-order valence-electron chi connectivity index (χ4n) is 2.98. The number of aromatic nitrogens is 1. The van der Waals surface area contributed by atoms with Gasteiger partial charge in [0.25, 0.3) is 11.8 Å². The number of H-pyrrole nitrogens is 1. The van der Waals surface area contributed by atoms with E-state index >= 15 is 0 Å². The standard InChI is InChI=1S/C22H24N4O2/c1-14(2)20(25-21(27)16-8-6-7-15(3)11-16)22(28)26-24-13-17-12-23-19-10-5-4-9-18(17)19/h4-14,20,23H,1-3H3,(H,25,27)(H,26,28)/b24-13+. The largest absolute Gasteiger partial charge is 0.361 e. The topological polar surface area (TPSA) is 86.3 Å². The Balaban J connectivity index is 1.67. The van der Waals surface area contributed by atoms with E-state index in [1.807, 2.05) is 63.4 Å². The van der Waals surface area contributed by atoms with E-state index in [1.165, 1.54) is 0 Å². The lowest BCUT2D eigenvalue weighted by Gasteiger charge is -2.20. The third-order valence-corrected chi connectivity index (χ3v) is 4.52. The Labute approximate surface area is 164 Å². The molecule has 6 nitrogen and oxygen atoms in total. The highest BCUT2D eigenvalue weighted by molar-refractivity contribution is 6.00. The molecule has 0 saturated heterocycles. The lowest BCUT2D eigenvalue weighted by atomic mass is 10.0. The number of fused-ring (bicyclic) bond motifs is 1. The number of para-hydroxylation sites is 1. The summed E-state index contributed by atoms with van der Waals surface area (Å²) in [6, 6.07) is 14.4. The van der Waals surface area contributed by atoms with Gasteiger partial charge in [-0.1, -0.05) is 49.7 Å². The van der Waals surface area contributed by atoms with Crippen LogP contribution in [0.4, 0.5) is 0 Å². The van der Waals surface area contributed by atoms with Crippen molar-refractivity contribution in [2.75, 3.05) is 0 Å². The first-order valence-corrected chi connectivity index (χ1v) is 9.22. The molecular weight excluding hydrogens is 352 g/mol. The van der Waals surface area contributed by atoms with Crippen molar-refractivity contribution in [1.82, 2.24) is 15.7 Å². The van der Waals surface area contributed by atoms with Gasteiger partial charge in [-0.2, -0.15) is 5.10 Å². The van der Waals surface area contributed by atoms with Crippen LogP contribution >= 0.6 is 0 Å². The molecule has 0 aliphatic heterocycles. The molecule has 0 spiro atoms. The van der Waals surface area contributed by atoms with E-state index in [-0.39, 0.29) is 17.7 Å². The molecule has 1 unspecified atom stereocenters. The van der Waals surface area contributed by atoms with Crippen molar-refractivity contribution < 1.29 is 9.59 Å². The Bertz CT molecular complexity index is 1020.